The number of hydrogen-bond acceptors (Lipinski definition) is 3. The molecule has 2 N–H and O–H groups in total. The van der Waals surface area contributed by atoms with Gasteiger partial charge in [-0.25, -0.2) is 4.79 Å². The minimum Gasteiger partial charge on any atom is -0.481 e. The molecule has 17 heavy (non-hydrogen) atoms. The fourth-order valence-corrected chi connectivity index (χ4v) is 1.96. The number of carbonyl (C=O) groups excluding carboxylic acids is 1. The second kappa shape index (κ2) is 6.44. The molecule has 0 aliphatic carbocycles. The van der Waals surface area contributed by atoms with Crippen LogP contribution in [0.4, 0.5) is 4.79 Å². The summed E-state index contributed by atoms with van der Waals surface area (Å²) in [7, 11) is 3.98. The summed E-state index contributed by atoms with van der Waals surface area (Å²) < 4.78 is 0. The Kier molecular flexibility index (Phi) is 5.21. The van der Waals surface area contributed by atoms with Crippen molar-refractivity contribution in [3.8, 4) is 0 Å². The van der Waals surface area contributed by atoms with Crippen LogP contribution in [0, 0.1) is 5.92 Å². The van der Waals surface area contributed by atoms with Gasteiger partial charge in [-0.3, -0.25) is 4.79 Å². The Bertz CT molecular complexity index is 281. The number of nitrogens with zero attached hydrogens (tertiary/aromatic N) is 2. The Hall–Kier alpha value is -1.30. The molecular formula is C11H21N3O3. The average Bonchev–Trinajstić information content (AvgIpc) is 2.21. The molecule has 98 valence electrons. The van der Waals surface area contributed by atoms with Crippen molar-refractivity contribution in [2.24, 2.45) is 5.92 Å². The molecule has 1 rings (SSSR count). The first-order valence-corrected chi connectivity index (χ1v) is 5.88. The monoisotopic (exact) mass is 243 g/mol. The molecule has 0 aromatic heterocycles. The van der Waals surface area contributed by atoms with Crippen LogP contribution in [-0.2, 0) is 4.79 Å². The zero-order valence-corrected chi connectivity index (χ0v) is 10.5. The van der Waals surface area contributed by atoms with Crippen molar-refractivity contribution < 1.29 is 14.7 Å². The van der Waals surface area contributed by atoms with Crippen molar-refractivity contribution in [2.45, 2.75) is 12.8 Å². The van der Waals surface area contributed by atoms with Gasteiger partial charge in [0.05, 0.1) is 6.42 Å². The molecule has 0 aromatic rings. The maximum Gasteiger partial charge on any atom is 0.317 e. The lowest BCUT2D eigenvalue weighted by Gasteiger charge is -2.32. The van der Waals surface area contributed by atoms with Crippen LogP contribution in [0.15, 0.2) is 0 Å². The zero-order chi connectivity index (χ0) is 12.8. The number of aliphatic carboxylic acids is 1. The SMILES string of the molecule is CN(C)CCCN1CC(CC(=O)O)CNC1=O. The largest absolute Gasteiger partial charge is 0.481 e. The molecule has 0 aromatic carbocycles. The highest BCUT2D eigenvalue weighted by Gasteiger charge is 2.26. The maximum atomic E-state index is 11.6. The van der Waals surface area contributed by atoms with Gasteiger partial charge in [-0.2, -0.15) is 0 Å². The molecule has 1 saturated heterocycles. The highest BCUT2D eigenvalue weighted by atomic mass is 16.4. The quantitative estimate of drug-likeness (QED) is 0.691. The van der Waals surface area contributed by atoms with E-state index in [9.17, 15) is 9.59 Å². The number of rotatable bonds is 6. The van der Waals surface area contributed by atoms with E-state index in [1.165, 1.54) is 0 Å². The summed E-state index contributed by atoms with van der Waals surface area (Å²) in [5, 5.41) is 11.5. The van der Waals surface area contributed by atoms with Crippen molar-refractivity contribution in [1.29, 1.82) is 0 Å². The van der Waals surface area contributed by atoms with Crippen LogP contribution in [0.5, 0.6) is 0 Å². The van der Waals surface area contributed by atoms with E-state index in [1.54, 1.807) is 4.90 Å². The molecule has 0 radical (unpaired) electrons. The lowest BCUT2D eigenvalue weighted by molar-refractivity contribution is -0.138. The highest BCUT2D eigenvalue weighted by molar-refractivity contribution is 5.75. The van der Waals surface area contributed by atoms with Crippen LogP contribution in [0.25, 0.3) is 0 Å². The Balaban J connectivity index is 2.35. The molecule has 0 bridgehead atoms. The van der Waals surface area contributed by atoms with Gasteiger partial charge in [-0.05, 0) is 27.1 Å². The van der Waals surface area contributed by atoms with Gasteiger partial charge in [0, 0.05) is 25.6 Å². The van der Waals surface area contributed by atoms with E-state index in [4.69, 9.17) is 5.11 Å². The normalized spacial score (nSPS) is 20.5. The predicted molar refractivity (Wildman–Crippen MR) is 63.9 cm³/mol. The number of nitrogens with one attached hydrogen (secondary N) is 1. The van der Waals surface area contributed by atoms with Crippen molar-refractivity contribution >= 4 is 12.0 Å². The third-order valence-corrected chi connectivity index (χ3v) is 2.80. The van der Waals surface area contributed by atoms with Crippen LogP contribution in [-0.4, -0.2) is 67.2 Å². The number of amides is 2. The van der Waals surface area contributed by atoms with Crippen LogP contribution in [0.1, 0.15) is 12.8 Å². The zero-order valence-electron chi connectivity index (χ0n) is 10.5. The highest BCUT2D eigenvalue weighted by Crippen LogP contribution is 2.11. The summed E-state index contributed by atoms with van der Waals surface area (Å²) in [6.45, 7) is 2.62. The average molecular weight is 243 g/mol. The minimum absolute atomic E-state index is 0.0181. The predicted octanol–water partition coefficient (Wildman–Crippen LogP) is 0.0542. The fourth-order valence-electron chi connectivity index (χ4n) is 1.96. The fraction of sp³-hybridized carbons (Fsp3) is 0.818. The van der Waals surface area contributed by atoms with Crippen molar-refractivity contribution in [3.05, 3.63) is 0 Å². The van der Waals surface area contributed by atoms with Crippen LogP contribution >= 0.6 is 0 Å². The number of carbonyl (C=O) groups is 2. The van der Waals surface area contributed by atoms with E-state index in [1.807, 2.05) is 14.1 Å². The molecule has 1 aliphatic heterocycles. The Morgan fingerprint density at radius 3 is 2.88 bits per heavy atom. The van der Waals surface area contributed by atoms with Gasteiger partial charge in [0.25, 0.3) is 0 Å². The van der Waals surface area contributed by atoms with Gasteiger partial charge in [0.1, 0.15) is 0 Å². The summed E-state index contributed by atoms with van der Waals surface area (Å²) in [6, 6.07) is -0.0783. The van der Waals surface area contributed by atoms with E-state index in [0.29, 0.717) is 19.6 Å². The number of urea groups is 1. The van der Waals surface area contributed by atoms with Crippen molar-refractivity contribution in [3.63, 3.8) is 0 Å². The molecule has 6 heteroatoms. The third kappa shape index (κ3) is 5.04. The Morgan fingerprint density at radius 2 is 2.29 bits per heavy atom. The van der Waals surface area contributed by atoms with Crippen molar-refractivity contribution in [2.75, 3.05) is 40.3 Å². The van der Waals surface area contributed by atoms with E-state index >= 15 is 0 Å². The summed E-state index contributed by atoms with van der Waals surface area (Å²) in [5.41, 5.74) is 0. The molecule has 1 unspecified atom stereocenters. The van der Waals surface area contributed by atoms with E-state index in [2.05, 4.69) is 10.2 Å². The molecule has 2 amide bonds. The summed E-state index contributed by atoms with van der Waals surface area (Å²) in [5.74, 6) is -0.788. The van der Waals surface area contributed by atoms with Gasteiger partial charge >= 0.3 is 12.0 Å². The molecule has 0 spiro atoms. The molecule has 1 atom stereocenters. The smallest absolute Gasteiger partial charge is 0.317 e. The lowest BCUT2D eigenvalue weighted by Crippen LogP contribution is -2.51. The molecular weight excluding hydrogens is 222 g/mol. The topological polar surface area (TPSA) is 72.9 Å². The van der Waals surface area contributed by atoms with E-state index in [-0.39, 0.29) is 18.4 Å². The van der Waals surface area contributed by atoms with Crippen molar-refractivity contribution in [1.82, 2.24) is 15.1 Å². The lowest BCUT2D eigenvalue weighted by atomic mass is 10.0. The van der Waals surface area contributed by atoms with Gasteiger partial charge in [0.2, 0.25) is 0 Å². The summed E-state index contributed by atoms with van der Waals surface area (Å²) >= 11 is 0. The van der Waals surface area contributed by atoms with Crippen LogP contribution in [0.3, 0.4) is 0 Å². The number of carboxylic acids is 1. The molecule has 6 nitrogen and oxygen atoms in total. The second-order valence-electron chi connectivity index (χ2n) is 4.75. The standard InChI is InChI=1S/C11H21N3O3/c1-13(2)4-3-5-14-8-9(6-10(15)16)7-12-11(14)17/h9H,3-8H2,1-2H3,(H,12,17)(H,15,16). The van der Waals surface area contributed by atoms with Crippen LogP contribution < -0.4 is 5.32 Å². The molecule has 1 fully saturated rings. The summed E-state index contributed by atoms with van der Waals surface area (Å²) in [4.78, 5) is 26.0. The number of hydrogen-bond donors (Lipinski definition) is 2. The second-order valence-corrected chi connectivity index (χ2v) is 4.75. The maximum absolute atomic E-state index is 11.6. The summed E-state index contributed by atoms with van der Waals surface area (Å²) in [6.07, 6.45) is 1.02. The Morgan fingerprint density at radius 1 is 1.59 bits per heavy atom. The molecule has 1 heterocycles. The molecule has 0 saturated carbocycles. The van der Waals surface area contributed by atoms with Gasteiger partial charge in [-0.1, -0.05) is 0 Å². The first-order valence-electron chi connectivity index (χ1n) is 5.88. The first-order chi connectivity index (χ1) is 7.99. The number of carboxylic acid groups (broad SMARTS) is 1. The third-order valence-electron chi connectivity index (χ3n) is 2.80. The molecule has 1 aliphatic rings. The van der Waals surface area contributed by atoms with E-state index in [0.717, 1.165) is 13.0 Å². The van der Waals surface area contributed by atoms with Gasteiger partial charge in [0.15, 0.2) is 0 Å². The first kappa shape index (κ1) is 13.8. The van der Waals surface area contributed by atoms with Gasteiger partial charge < -0.3 is 20.2 Å². The minimum atomic E-state index is -0.806. The van der Waals surface area contributed by atoms with Crippen LogP contribution in [0.2, 0.25) is 0 Å². The Labute approximate surface area is 102 Å². The van der Waals surface area contributed by atoms with Gasteiger partial charge in [-0.15, -0.1) is 0 Å². The van der Waals surface area contributed by atoms with E-state index < -0.39 is 5.97 Å².